The van der Waals surface area contributed by atoms with Gasteiger partial charge in [-0.05, 0) is 25.5 Å². The highest BCUT2D eigenvalue weighted by Gasteiger charge is 2.35. The van der Waals surface area contributed by atoms with E-state index in [2.05, 4.69) is 21.1 Å². The number of benzene rings is 1. The number of aryl methyl sites for hydroxylation is 1. The first-order chi connectivity index (χ1) is 11.2. The second-order valence-electron chi connectivity index (χ2n) is 5.54. The molecule has 1 aliphatic rings. The van der Waals surface area contributed by atoms with E-state index in [9.17, 15) is 5.11 Å². The standard InChI is InChI=1S/C16H18N4O3/c1-11-18-16(23-19-11)14-8-13(21)10-20(14)6-7-22-15-5-3-2-4-12(15)9-17/h2-5,13-14,21H,6-8,10H2,1H3/t13-,14-/m1/s1. The third-order valence-corrected chi connectivity index (χ3v) is 3.85. The molecule has 2 aromatic rings. The first-order valence-electron chi connectivity index (χ1n) is 7.51. The predicted octanol–water partition coefficient (Wildman–Crippen LogP) is 1.44. The highest BCUT2D eigenvalue weighted by molar-refractivity contribution is 5.42. The summed E-state index contributed by atoms with van der Waals surface area (Å²) in [5, 5.41) is 22.8. The van der Waals surface area contributed by atoms with Crippen molar-refractivity contribution in [2.24, 2.45) is 0 Å². The fourth-order valence-electron chi connectivity index (χ4n) is 2.79. The van der Waals surface area contributed by atoms with Gasteiger partial charge >= 0.3 is 0 Å². The summed E-state index contributed by atoms with van der Waals surface area (Å²) in [7, 11) is 0. The zero-order valence-corrected chi connectivity index (χ0v) is 12.8. The highest BCUT2D eigenvalue weighted by atomic mass is 16.5. The van der Waals surface area contributed by atoms with E-state index >= 15 is 0 Å². The van der Waals surface area contributed by atoms with E-state index in [0.29, 0.717) is 49.1 Å². The molecule has 1 saturated heterocycles. The summed E-state index contributed by atoms with van der Waals surface area (Å²) in [4.78, 5) is 6.32. The Balaban J connectivity index is 1.61. The molecule has 0 radical (unpaired) electrons. The molecule has 2 heterocycles. The molecule has 0 unspecified atom stereocenters. The first-order valence-corrected chi connectivity index (χ1v) is 7.51. The number of hydrogen-bond donors (Lipinski definition) is 1. The van der Waals surface area contributed by atoms with Gasteiger partial charge in [-0.25, -0.2) is 0 Å². The minimum Gasteiger partial charge on any atom is -0.491 e. The smallest absolute Gasteiger partial charge is 0.244 e. The van der Waals surface area contributed by atoms with Gasteiger partial charge in [0.2, 0.25) is 5.89 Å². The summed E-state index contributed by atoms with van der Waals surface area (Å²) in [5.41, 5.74) is 0.512. The summed E-state index contributed by atoms with van der Waals surface area (Å²) in [6.07, 6.45) is 0.148. The van der Waals surface area contributed by atoms with Crippen molar-refractivity contribution in [3.05, 3.63) is 41.5 Å². The number of β-amino-alcohol motifs (C(OH)–C–C–N with tert-alkyl or cyclic N) is 1. The number of nitriles is 1. The van der Waals surface area contributed by atoms with Crippen LogP contribution in [0.15, 0.2) is 28.8 Å². The number of ether oxygens (including phenoxy) is 1. The molecule has 0 aliphatic carbocycles. The lowest BCUT2D eigenvalue weighted by atomic mass is 10.2. The van der Waals surface area contributed by atoms with Gasteiger partial charge in [-0.1, -0.05) is 17.3 Å². The molecule has 0 saturated carbocycles. The molecular weight excluding hydrogens is 296 g/mol. The Hall–Kier alpha value is -2.43. The lowest BCUT2D eigenvalue weighted by Gasteiger charge is -2.21. The van der Waals surface area contributed by atoms with Gasteiger partial charge in [-0.3, -0.25) is 4.90 Å². The van der Waals surface area contributed by atoms with Crippen LogP contribution in [0.4, 0.5) is 0 Å². The normalized spacial score (nSPS) is 21.3. The minimum atomic E-state index is -0.418. The summed E-state index contributed by atoms with van der Waals surface area (Å²) >= 11 is 0. The van der Waals surface area contributed by atoms with Crippen molar-refractivity contribution >= 4 is 0 Å². The maximum absolute atomic E-state index is 9.92. The molecule has 3 rings (SSSR count). The predicted molar refractivity (Wildman–Crippen MR) is 80.6 cm³/mol. The third kappa shape index (κ3) is 3.50. The van der Waals surface area contributed by atoms with Gasteiger partial charge in [0, 0.05) is 13.1 Å². The second kappa shape index (κ2) is 6.77. The maximum Gasteiger partial charge on any atom is 0.244 e. The number of para-hydroxylation sites is 1. The van der Waals surface area contributed by atoms with E-state index in [1.807, 2.05) is 6.07 Å². The Morgan fingerprint density at radius 1 is 1.48 bits per heavy atom. The van der Waals surface area contributed by atoms with Crippen molar-refractivity contribution in [2.75, 3.05) is 19.7 Å². The van der Waals surface area contributed by atoms with Gasteiger partial charge in [0.1, 0.15) is 18.4 Å². The van der Waals surface area contributed by atoms with Gasteiger partial charge in [0.25, 0.3) is 0 Å². The largest absolute Gasteiger partial charge is 0.491 e. The van der Waals surface area contributed by atoms with Crippen LogP contribution in [0.1, 0.15) is 29.7 Å². The zero-order valence-electron chi connectivity index (χ0n) is 12.8. The van der Waals surface area contributed by atoms with Gasteiger partial charge in [-0.2, -0.15) is 10.2 Å². The van der Waals surface area contributed by atoms with Crippen LogP contribution >= 0.6 is 0 Å². The van der Waals surface area contributed by atoms with Crippen molar-refractivity contribution in [1.82, 2.24) is 15.0 Å². The molecule has 1 aromatic carbocycles. The zero-order chi connectivity index (χ0) is 16.2. The molecule has 23 heavy (non-hydrogen) atoms. The summed E-state index contributed by atoms with van der Waals surface area (Å²) in [6.45, 7) is 3.32. The number of aromatic nitrogens is 2. The SMILES string of the molecule is Cc1noc([C@H]2C[C@@H](O)CN2CCOc2ccccc2C#N)n1. The molecule has 1 fully saturated rings. The van der Waals surface area contributed by atoms with E-state index in [-0.39, 0.29) is 6.04 Å². The second-order valence-corrected chi connectivity index (χ2v) is 5.54. The fourth-order valence-corrected chi connectivity index (χ4v) is 2.79. The maximum atomic E-state index is 9.92. The van der Waals surface area contributed by atoms with E-state index in [1.54, 1.807) is 25.1 Å². The number of nitrogens with zero attached hydrogens (tertiary/aromatic N) is 4. The lowest BCUT2D eigenvalue weighted by Crippen LogP contribution is -2.29. The Bertz CT molecular complexity index is 709. The van der Waals surface area contributed by atoms with Crippen LogP contribution in [0.25, 0.3) is 0 Å². The highest BCUT2D eigenvalue weighted by Crippen LogP contribution is 2.30. The molecule has 2 atom stereocenters. The van der Waals surface area contributed by atoms with Gasteiger partial charge in [-0.15, -0.1) is 0 Å². The van der Waals surface area contributed by atoms with E-state index in [1.165, 1.54) is 0 Å². The van der Waals surface area contributed by atoms with Crippen LogP contribution in [-0.4, -0.2) is 45.9 Å². The van der Waals surface area contributed by atoms with Crippen LogP contribution in [0.2, 0.25) is 0 Å². The van der Waals surface area contributed by atoms with E-state index in [4.69, 9.17) is 14.5 Å². The minimum absolute atomic E-state index is 0.0963. The quantitative estimate of drug-likeness (QED) is 0.892. The van der Waals surface area contributed by atoms with Crippen molar-refractivity contribution in [2.45, 2.75) is 25.5 Å². The Labute approximate surface area is 134 Å². The van der Waals surface area contributed by atoms with E-state index < -0.39 is 6.10 Å². The average Bonchev–Trinajstić information content (AvgIpc) is 3.13. The molecule has 0 bridgehead atoms. The lowest BCUT2D eigenvalue weighted by molar-refractivity contribution is 0.155. The molecule has 1 aliphatic heterocycles. The van der Waals surface area contributed by atoms with Crippen LogP contribution in [0.5, 0.6) is 5.75 Å². The molecule has 120 valence electrons. The monoisotopic (exact) mass is 314 g/mol. The average molecular weight is 314 g/mol. The van der Waals surface area contributed by atoms with Crippen LogP contribution in [-0.2, 0) is 0 Å². The molecule has 0 amide bonds. The Morgan fingerprint density at radius 3 is 3.04 bits per heavy atom. The van der Waals surface area contributed by atoms with Gasteiger partial charge in [0.05, 0.1) is 17.7 Å². The van der Waals surface area contributed by atoms with Crippen LogP contribution in [0.3, 0.4) is 0 Å². The van der Waals surface area contributed by atoms with Crippen molar-refractivity contribution < 1.29 is 14.4 Å². The molecule has 1 aromatic heterocycles. The topological polar surface area (TPSA) is 95.4 Å². The molecule has 1 N–H and O–H groups in total. The fraction of sp³-hybridized carbons (Fsp3) is 0.438. The van der Waals surface area contributed by atoms with Crippen molar-refractivity contribution in [1.29, 1.82) is 5.26 Å². The van der Waals surface area contributed by atoms with Crippen molar-refractivity contribution in [3.8, 4) is 11.8 Å². The van der Waals surface area contributed by atoms with Crippen LogP contribution in [0, 0.1) is 18.3 Å². The molecule has 0 spiro atoms. The number of aliphatic hydroxyl groups is 1. The molecular formula is C16H18N4O3. The summed E-state index contributed by atoms with van der Waals surface area (Å²) in [6, 6.07) is 9.14. The Morgan fingerprint density at radius 2 is 2.30 bits per heavy atom. The van der Waals surface area contributed by atoms with E-state index in [0.717, 1.165) is 0 Å². The van der Waals surface area contributed by atoms with Crippen molar-refractivity contribution in [3.63, 3.8) is 0 Å². The number of likely N-dealkylation sites (tertiary alicyclic amines) is 1. The van der Waals surface area contributed by atoms with Gasteiger partial charge < -0.3 is 14.4 Å². The summed E-state index contributed by atoms with van der Waals surface area (Å²) in [5.74, 6) is 1.68. The molecule has 7 heteroatoms. The number of rotatable bonds is 5. The first kappa shape index (κ1) is 15.5. The number of hydrogen-bond acceptors (Lipinski definition) is 7. The van der Waals surface area contributed by atoms with Crippen LogP contribution < -0.4 is 4.74 Å². The third-order valence-electron chi connectivity index (χ3n) is 3.85. The van der Waals surface area contributed by atoms with Gasteiger partial charge in [0.15, 0.2) is 5.82 Å². The Kier molecular flexibility index (Phi) is 4.55. The molecule has 7 nitrogen and oxygen atoms in total. The number of aliphatic hydroxyl groups excluding tert-OH is 1. The summed E-state index contributed by atoms with van der Waals surface area (Å²) < 4.78 is 10.9.